The van der Waals surface area contributed by atoms with Gasteiger partial charge in [0.15, 0.2) is 6.73 Å². The van der Waals surface area contributed by atoms with E-state index in [0.717, 1.165) is 17.7 Å². The molecular weight excluding hydrogens is 494 g/mol. The predicted octanol–water partition coefficient (Wildman–Crippen LogP) is 4.17. The molecule has 214 valence electrons. The summed E-state index contributed by atoms with van der Waals surface area (Å²) in [6.45, 7) is 16.2. The minimum atomic E-state index is -0.749. The van der Waals surface area contributed by atoms with Crippen molar-refractivity contribution in [1.82, 2.24) is 14.5 Å². The van der Waals surface area contributed by atoms with Crippen molar-refractivity contribution < 1.29 is 14.3 Å². The average Bonchev–Trinajstić information content (AvgIpc) is 2.94. The Morgan fingerprint density at radius 2 is 1.79 bits per heavy atom. The molecule has 0 fully saturated rings. The molecule has 3 atom stereocenters. The second kappa shape index (κ2) is 14.6. The van der Waals surface area contributed by atoms with E-state index in [9.17, 15) is 14.4 Å². The second-order valence-electron chi connectivity index (χ2n) is 10.5. The Morgan fingerprint density at radius 1 is 1.15 bits per heavy atom. The molecule has 3 N–H and O–H groups in total. The molecule has 2 unspecified atom stereocenters. The van der Waals surface area contributed by atoms with Crippen molar-refractivity contribution in [2.24, 2.45) is 23.5 Å². The maximum atomic E-state index is 13.9. The third kappa shape index (κ3) is 8.02. The summed E-state index contributed by atoms with van der Waals surface area (Å²) < 4.78 is 6.76. The molecule has 0 aliphatic carbocycles. The number of aromatic nitrogens is 2. The summed E-state index contributed by atoms with van der Waals surface area (Å²) in [5.74, 6) is 0.285. The van der Waals surface area contributed by atoms with Gasteiger partial charge in [-0.3, -0.25) is 14.4 Å². The van der Waals surface area contributed by atoms with Crippen LogP contribution in [0.5, 0.6) is 0 Å². The van der Waals surface area contributed by atoms with E-state index in [2.05, 4.69) is 32.7 Å². The molecule has 0 bridgehead atoms. The minimum Gasteiger partial charge on any atom is -0.443 e. The number of esters is 1. The van der Waals surface area contributed by atoms with Crippen LogP contribution in [0.25, 0.3) is 5.69 Å². The number of rotatable bonds is 14. The first kappa shape index (κ1) is 31.8. The topological polar surface area (TPSA) is 120 Å². The highest BCUT2D eigenvalue weighted by molar-refractivity contribution is 5.94. The molecule has 9 heteroatoms. The number of aryl methyl sites for hydroxylation is 1. The smallest absolute Gasteiger partial charge is 0.324 e. The number of anilines is 1. The predicted molar refractivity (Wildman–Crippen MR) is 156 cm³/mol. The van der Waals surface area contributed by atoms with E-state index >= 15 is 0 Å². The van der Waals surface area contributed by atoms with E-state index in [1.165, 1.54) is 4.90 Å². The van der Waals surface area contributed by atoms with E-state index in [-0.39, 0.29) is 24.1 Å². The molecule has 0 aliphatic rings. The first-order valence-corrected chi connectivity index (χ1v) is 13.7. The molecule has 0 radical (unpaired) electrons. The van der Waals surface area contributed by atoms with Gasteiger partial charge in [0, 0.05) is 24.7 Å². The maximum Gasteiger partial charge on any atom is 0.324 e. The van der Waals surface area contributed by atoms with Crippen LogP contribution in [0.15, 0.2) is 41.7 Å². The van der Waals surface area contributed by atoms with E-state index in [0.29, 0.717) is 48.4 Å². The van der Waals surface area contributed by atoms with Gasteiger partial charge in [-0.15, -0.1) is 6.58 Å². The fourth-order valence-electron chi connectivity index (χ4n) is 4.11. The summed E-state index contributed by atoms with van der Waals surface area (Å²) in [6.07, 6.45) is 4.04. The Hall–Kier alpha value is -3.46. The Balaban J connectivity index is 2.39. The van der Waals surface area contributed by atoms with Crippen LogP contribution in [0.2, 0.25) is 0 Å². The van der Waals surface area contributed by atoms with Gasteiger partial charge in [-0.25, -0.2) is 9.55 Å². The van der Waals surface area contributed by atoms with Crippen LogP contribution in [0.3, 0.4) is 0 Å². The maximum absolute atomic E-state index is 13.9. The zero-order chi connectivity index (χ0) is 29.3. The van der Waals surface area contributed by atoms with Crippen molar-refractivity contribution in [3.05, 3.63) is 64.1 Å². The third-order valence-electron chi connectivity index (χ3n) is 7.25. The molecular formula is C30H45N5O4. The number of hydrogen-bond donors (Lipinski definition) is 2. The zero-order valence-corrected chi connectivity index (χ0v) is 24.5. The summed E-state index contributed by atoms with van der Waals surface area (Å²) in [4.78, 5) is 45.0. The standard InChI is InChI=1S/C30H45N5O4/c1-9-16-32-30-33-25(11-3)24(17-21(7)20(6)10-2)28(37)35(30)23-14-12-22(13-15-23)27(36)34(8)18-39-29(38)26(31)19(4)5/h9,12-15,19-21,26H,1,10-11,16-18,31H2,2-8H3,(H,32,33)/t20?,21-,26?/m1/s1. The first-order valence-electron chi connectivity index (χ1n) is 13.7. The monoisotopic (exact) mass is 539 g/mol. The Kier molecular flexibility index (Phi) is 11.9. The Bertz CT molecular complexity index is 1190. The summed E-state index contributed by atoms with van der Waals surface area (Å²) in [6, 6.07) is 5.99. The number of nitrogens with zero attached hydrogens (tertiary/aromatic N) is 3. The lowest BCUT2D eigenvalue weighted by Gasteiger charge is -2.22. The fourth-order valence-corrected chi connectivity index (χ4v) is 4.11. The first-order chi connectivity index (χ1) is 18.5. The molecule has 2 aromatic rings. The number of nitrogens with two attached hydrogens (primary N) is 1. The SMILES string of the molecule is C=CCNc1nc(CC)c(C[C@@H](C)C(C)CC)c(=O)n1-c1ccc(C(=O)N(C)COC(=O)C(N)C(C)C)cc1. The molecule has 1 aromatic heterocycles. The second-order valence-corrected chi connectivity index (χ2v) is 10.5. The summed E-state index contributed by atoms with van der Waals surface area (Å²) in [7, 11) is 1.55. The van der Waals surface area contributed by atoms with Crippen LogP contribution in [0.4, 0.5) is 5.95 Å². The molecule has 0 saturated carbocycles. The van der Waals surface area contributed by atoms with Gasteiger partial charge >= 0.3 is 5.97 Å². The number of nitrogens with one attached hydrogen (secondary N) is 1. The molecule has 0 spiro atoms. The molecule has 1 heterocycles. The van der Waals surface area contributed by atoms with E-state index < -0.39 is 12.0 Å². The molecule has 1 amide bonds. The number of ether oxygens (including phenoxy) is 1. The van der Waals surface area contributed by atoms with Gasteiger partial charge in [0.2, 0.25) is 5.95 Å². The molecule has 1 aromatic carbocycles. The van der Waals surface area contributed by atoms with Crippen LogP contribution in [-0.4, -0.2) is 52.7 Å². The van der Waals surface area contributed by atoms with Gasteiger partial charge in [0.05, 0.1) is 11.4 Å². The Morgan fingerprint density at radius 3 is 2.33 bits per heavy atom. The third-order valence-corrected chi connectivity index (χ3v) is 7.25. The molecule has 2 rings (SSSR count). The zero-order valence-electron chi connectivity index (χ0n) is 24.5. The normalized spacial score (nSPS) is 13.5. The number of amides is 1. The quantitative estimate of drug-likeness (QED) is 0.210. The Labute approximate surface area is 232 Å². The van der Waals surface area contributed by atoms with E-state index in [1.54, 1.807) is 42.0 Å². The number of benzene rings is 1. The van der Waals surface area contributed by atoms with Crippen molar-refractivity contribution >= 4 is 17.8 Å². The molecule has 0 saturated heterocycles. The lowest BCUT2D eigenvalue weighted by molar-refractivity contribution is -0.149. The van der Waals surface area contributed by atoms with Crippen molar-refractivity contribution in [1.29, 1.82) is 0 Å². The van der Waals surface area contributed by atoms with Crippen LogP contribution in [0, 0.1) is 17.8 Å². The molecule has 9 nitrogen and oxygen atoms in total. The van der Waals surface area contributed by atoms with Gasteiger partial charge < -0.3 is 20.7 Å². The van der Waals surface area contributed by atoms with E-state index in [4.69, 9.17) is 15.5 Å². The summed E-state index contributed by atoms with van der Waals surface area (Å²) >= 11 is 0. The number of carbonyl (C=O) groups excluding carboxylic acids is 2. The average molecular weight is 540 g/mol. The van der Waals surface area contributed by atoms with Crippen LogP contribution < -0.4 is 16.6 Å². The highest BCUT2D eigenvalue weighted by atomic mass is 16.5. The van der Waals surface area contributed by atoms with Crippen LogP contribution >= 0.6 is 0 Å². The van der Waals surface area contributed by atoms with Crippen LogP contribution in [0.1, 0.15) is 69.6 Å². The fraction of sp³-hybridized carbons (Fsp3) is 0.533. The van der Waals surface area contributed by atoms with Gasteiger partial charge in [0.25, 0.3) is 11.5 Å². The van der Waals surface area contributed by atoms with Crippen molar-refractivity contribution in [3.8, 4) is 5.69 Å². The molecule has 39 heavy (non-hydrogen) atoms. The van der Waals surface area contributed by atoms with Gasteiger partial charge in [-0.05, 0) is 54.9 Å². The van der Waals surface area contributed by atoms with E-state index in [1.807, 2.05) is 20.8 Å². The van der Waals surface area contributed by atoms with Crippen molar-refractivity contribution in [2.45, 2.75) is 66.8 Å². The number of carbonyl (C=O) groups is 2. The summed E-state index contributed by atoms with van der Waals surface area (Å²) in [5, 5.41) is 3.19. The highest BCUT2D eigenvalue weighted by Gasteiger charge is 2.23. The van der Waals surface area contributed by atoms with Crippen molar-refractivity contribution in [3.63, 3.8) is 0 Å². The lowest BCUT2D eigenvalue weighted by Crippen LogP contribution is -2.40. The van der Waals surface area contributed by atoms with Gasteiger partial charge in [-0.1, -0.05) is 54.0 Å². The van der Waals surface area contributed by atoms with Gasteiger partial charge in [0.1, 0.15) is 6.04 Å². The van der Waals surface area contributed by atoms with Gasteiger partial charge in [-0.2, -0.15) is 0 Å². The largest absolute Gasteiger partial charge is 0.443 e. The molecule has 0 aliphatic heterocycles. The highest BCUT2D eigenvalue weighted by Crippen LogP contribution is 2.22. The van der Waals surface area contributed by atoms with Crippen LogP contribution in [-0.2, 0) is 22.4 Å². The van der Waals surface area contributed by atoms with Crippen molar-refractivity contribution in [2.75, 3.05) is 25.6 Å². The number of hydrogen-bond acceptors (Lipinski definition) is 7. The lowest BCUT2D eigenvalue weighted by atomic mass is 9.87. The summed E-state index contributed by atoms with van der Waals surface area (Å²) in [5.41, 5.74) is 8.19. The minimum absolute atomic E-state index is 0.0695.